The minimum atomic E-state index is -4.51. The van der Waals surface area contributed by atoms with Gasteiger partial charge in [-0.05, 0) is 69.6 Å². The number of hydrogen-bond donors (Lipinski definition) is 2. The first-order chi connectivity index (χ1) is 19.4. The van der Waals surface area contributed by atoms with Crippen molar-refractivity contribution < 1.29 is 26.9 Å². The molecule has 2 bridgehead atoms. The van der Waals surface area contributed by atoms with Crippen LogP contribution < -0.4 is 20.8 Å². The minimum absolute atomic E-state index is 0.0254. The molecular formula is C28H31F4N4O2PS2. The van der Waals surface area contributed by atoms with E-state index in [2.05, 4.69) is 32.4 Å². The number of thioether (sulfide) groups is 1. The highest BCUT2D eigenvalue weighted by Gasteiger charge is 2.46. The second kappa shape index (κ2) is 11.7. The topological polar surface area (TPSA) is 66.5 Å². The smallest absolute Gasteiger partial charge is 0.446 e. The summed E-state index contributed by atoms with van der Waals surface area (Å²) in [7, 11) is 1.05. The molecule has 2 saturated heterocycles. The molecule has 4 atom stereocenters. The maximum Gasteiger partial charge on any atom is 0.446 e. The molecule has 0 spiro atoms. The zero-order valence-corrected chi connectivity index (χ0v) is 25.5. The predicted molar refractivity (Wildman–Crippen MR) is 160 cm³/mol. The van der Waals surface area contributed by atoms with Crippen LogP contribution in [-0.4, -0.2) is 73.7 Å². The Balaban J connectivity index is 1.41. The second-order valence-electron chi connectivity index (χ2n) is 10.6. The summed E-state index contributed by atoms with van der Waals surface area (Å²) < 4.78 is 74.8. The lowest BCUT2D eigenvalue weighted by Gasteiger charge is -2.39. The largest absolute Gasteiger partial charge is 0.477 e. The van der Waals surface area contributed by atoms with Crippen molar-refractivity contribution in [1.29, 1.82) is 0 Å². The number of nitrogens with zero attached hydrogens (tertiary/aromatic N) is 2. The van der Waals surface area contributed by atoms with Gasteiger partial charge in [0.2, 0.25) is 0 Å². The number of benzene rings is 1. The first-order valence-electron chi connectivity index (χ1n) is 13.2. The van der Waals surface area contributed by atoms with E-state index in [1.165, 1.54) is 0 Å². The van der Waals surface area contributed by atoms with Gasteiger partial charge < -0.3 is 19.9 Å². The van der Waals surface area contributed by atoms with Crippen LogP contribution in [0.25, 0.3) is 10.1 Å². The number of nitrogens with one attached hydrogen (secondary N) is 2. The summed E-state index contributed by atoms with van der Waals surface area (Å²) in [4.78, 5) is 6.75. The van der Waals surface area contributed by atoms with Crippen LogP contribution in [0.4, 0.5) is 29.1 Å². The van der Waals surface area contributed by atoms with Crippen LogP contribution in [-0.2, 0) is 4.57 Å². The fourth-order valence-electron chi connectivity index (χ4n) is 5.51. The number of anilines is 2. The van der Waals surface area contributed by atoms with Crippen molar-refractivity contribution in [3.8, 4) is 17.6 Å². The number of piperidine rings is 1. The van der Waals surface area contributed by atoms with E-state index in [0.717, 1.165) is 24.2 Å². The van der Waals surface area contributed by atoms with Crippen molar-refractivity contribution in [2.45, 2.75) is 54.0 Å². The van der Waals surface area contributed by atoms with E-state index in [1.807, 2.05) is 7.05 Å². The minimum Gasteiger partial charge on any atom is -0.477 e. The van der Waals surface area contributed by atoms with Gasteiger partial charge in [-0.25, -0.2) is 9.37 Å². The van der Waals surface area contributed by atoms with Gasteiger partial charge in [-0.3, -0.25) is 4.90 Å². The number of alkyl halides is 4. The predicted octanol–water partition coefficient (Wildman–Crippen LogP) is 6.61. The fraction of sp³-hybridized carbons (Fsp3) is 0.464. The summed E-state index contributed by atoms with van der Waals surface area (Å²) in [6.45, 7) is 3.15. The molecule has 3 aromatic rings. The number of thiophene rings is 1. The summed E-state index contributed by atoms with van der Waals surface area (Å²) in [6, 6.07) is 8.14. The van der Waals surface area contributed by atoms with E-state index in [1.54, 1.807) is 50.7 Å². The van der Waals surface area contributed by atoms with Crippen molar-refractivity contribution >= 4 is 57.3 Å². The summed E-state index contributed by atoms with van der Waals surface area (Å²) in [5.41, 5.74) is -3.43. The molecule has 2 fully saturated rings. The van der Waals surface area contributed by atoms with E-state index in [-0.39, 0.29) is 34.2 Å². The quantitative estimate of drug-likeness (QED) is 0.132. The highest BCUT2D eigenvalue weighted by Crippen LogP contribution is 2.48. The molecule has 2 aromatic heterocycles. The molecule has 4 heterocycles. The molecule has 0 radical (unpaired) electrons. The highest BCUT2D eigenvalue weighted by atomic mass is 32.2. The monoisotopic (exact) mass is 626 g/mol. The van der Waals surface area contributed by atoms with Crippen LogP contribution in [0.3, 0.4) is 0 Å². The van der Waals surface area contributed by atoms with E-state index in [0.29, 0.717) is 45.2 Å². The van der Waals surface area contributed by atoms with Gasteiger partial charge in [0, 0.05) is 24.5 Å². The number of aromatic nitrogens is 1. The van der Waals surface area contributed by atoms with Crippen molar-refractivity contribution in [2.24, 2.45) is 0 Å². The van der Waals surface area contributed by atoms with Crippen molar-refractivity contribution in [1.82, 2.24) is 9.88 Å². The van der Waals surface area contributed by atoms with Gasteiger partial charge in [0.25, 0.3) is 0 Å². The molecule has 0 unspecified atom stereocenters. The van der Waals surface area contributed by atoms with Crippen molar-refractivity contribution in [3.05, 3.63) is 35.2 Å². The highest BCUT2D eigenvalue weighted by molar-refractivity contribution is 8.00. The van der Waals surface area contributed by atoms with Gasteiger partial charge in [-0.15, -0.1) is 11.3 Å². The van der Waals surface area contributed by atoms with Crippen LogP contribution in [0.5, 0.6) is 5.75 Å². The molecule has 1 aromatic carbocycles. The Labute approximate surface area is 245 Å². The molecule has 0 saturated carbocycles. The molecule has 2 aliphatic rings. The third kappa shape index (κ3) is 6.48. The third-order valence-electron chi connectivity index (χ3n) is 7.54. The lowest BCUT2D eigenvalue weighted by molar-refractivity contribution is -0.0327. The van der Waals surface area contributed by atoms with Gasteiger partial charge in [-0.1, -0.05) is 24.0 Å². The van der Waals surface area contributed by atoms with E-state index >= 15 is 4.39 Å². The zero-order valence-electron chi connectivity index (χ0n) is 23.0. The maximum absolute atomic E-state index is 15.3. The molecular weight excluding hydrogens is 595 g/mol. The Morgan fingerprint density at radius 1 is 1.24 bits per heavy atom. The van der Waals surface area contributed by atoms with Gasteiger partial charge >= 0.3 is 5.51 Å². The van der Waals surface area contributed by atoms with Crippen LogP contribution in [0.15, 0.2) is 35.2 Å². The summed E-state index contributed by atoms with van der Waals surface area (Å²) >= 11 is 0.963. The summed E-state index contributed by atoms with van der Waals surface area (Å²) in [6.07, 6.45) is 1.33. The molecule has 5 rings (SSSR count). The van der Waals surface area contributed by atoms with Crippen LogP contribution in [0.1, 0.15) is 24.1 Å². The SMILES string of the molecule is CNc1nc(P(C)(C)=O)ccc1OCC#Cc1sc2c(N[C@@H]3C[C@H]4CC[C@@H]([C@@H]3F)N4C)cccc2c1SC(F)(F)F. The summed E-state index contributed by atoms with van der Waals surface area (Å²) in [5.74, 6) is 6.48. The fourth-order valence-corrected chi connectivity index (χ4v) is 8.30. The van der Waals surface area contributed by atoms with E-state index in [9.17, 15) is 17.7 Å². The van der Waals surface area contributed by atoms with E-state index < -0.39 is 24.9 Å². The third-order valence-corrected chi connectivity index (χ3v) is 11.0. The van der Waals surface area contributed by atoms with Gasteiger partial charge in [0.1, 0.15) is 25.4 Å². The standard InChI is InChI=1S/C28H31F4N4O2PS2/c1-33-27-21(12-13-23(35-27)39(3,4)37)38-14-6-9-22-26(41-28(30,31)32)17-7-5-8-18(25(17)40-22)34-19-15-16-10-11-20(24(19)29)36(16)2/h5,7-8,12-13,16,19-20,24,34H,10-11,14-15H2,1-4H3,(H,33,35)/t16-,19-,20+,24-/m1/s1. The molecule has 2 aliphatic heterocycles. The number of rotatable bonds is 7. The van der Waals surface area contributed by atoms with Gasteiger partial charge in [0.15, 0.2) is 11.6 Å². The van der Waals surface area contributed by atoms with Gasteiger partial charge in [-0.2, -0.15) is 13.2 Å². The van der Waals surface area contributed by atoms with Crippen LogP contribution in [0.2, 0.25) is 0 Å². The number of halogens is 4. The molecule has 41 heavy (non-hydrogen) atoms. The lowest BCUT2D eigenvalue weighted by Crippen LogP contribution is -2.53. The Hall–Kier alpha value is -2.45. The molecule has 2 N–H and O–H groups in total. The van der Waals surface area contributed by atoms with Crippen molar-refractivity contribution in [3.63, 3.8) is 0 Å². The Morgan fingerprint density at radius 3 is 2.73 bits per heavy atom. The molecule has 13 heteroatoms. The molecule has 6 nitrogen and oxygen atoms in total. The number of hydrogen-bond acceptors (Lipinski definition) is 8. The first-order valence-corrected chi connectivity index (χ1v) is 17.4. The maximum atomic E-state index is 15.3. The molecule has 0 aliphatic carbocycles. The Kier molecular flexibility index (Phi) is 8.55. The average Bonchev–Trinajstić information content (AvgIpc) is 3.38. The summed E-state index contributed by atoms with van der Waals surface area (Å²) in [5, 5.41) is 6.66. The lowest BCUT2D eigenvalue weighted by atomic mass is 9.95. The average molecular weight is 627 g/mol. The number of fused-ring (bicyclic) bond motifs is 3. The first kappa shape index (κ1) is 30.0. The Bertz CT molecular complexity index is 1550. The van der Waals surface area contributed by atoms with E-state index in [4.69, 9.17) is 4.74 Å². The number of ether oxygens (including phenoxy) is 1. The second-order valence-corrected chi connectivity index (χ2v) is 15.8. The van der Waals surface area contributed by atoms with Gasteiger partial charge in [0.05, 0.1) is 26.2 Å². The Morgan fingerprint density at radius 2 is 2.02 bits per heavy atom. The number of pyridine rings is 1. The normalized spacial score (nSPS) is 22.8. The molecule has 220 valence electrons. The zero-order chi connectivity index (χ0) is 29.5. The van der Waals surface area contributed by atoms with Crippen molar-refractivity contribution in [2.75, 3.05) is 44.7 Å². The molecule has 0 amide bonds. The van der Waals surface area contributed by atoms with Crippen LogP contribution in [0, 0.1) is 11.8 Å². The van der Waals surface area contributed by atoms with Crippen LogP contribution >= 0.6 is 30.2 Å².